The van der Waals surface area contributed by atoms with Crippen molar-refractivity contribution in [2.75, 3.05) is 0 Å². The summed E-state index contributed by atoms with van der Waals surface area (Å²) < 4.78 is 0. The second kappa shape index (κ2) is 17.9. The standard InChI is InChI=1S/Ge.Pb.Si.Sn. The van der Waals surface area contributed by atoms with Crippen LogP contribution in [-0.2, 0) is 0 Å². The Labute approximate surface area is 78.6 Å². The zero-order chi connectivity index (χ0) is 0. The molecule has 0 fully saturated rings. The van der Waals surface area contributed by atoms with Gasteiger partial charge in [0.25, 0.3) is 0 Å². The van der Waals surface area contributed by atoms with Crippen LogP contribution in [0, 0.1) is 0 Å². The Hall–Kier alpha value is 2.48. The van der Waals surface area contributed by atoms with E-state index >= 15 is 0 Å². The van der Waals surface area contributed by atoms with Crippen molar-refractivity contribution in [2.24, 2.45) is 0 Å². The van der Waals surface area contributed by atoms with Crippen molar-refractivity contribution in [1.29, 1.82) is 0 Å². The fourth-order valence-electron chi connectivity index (χ4n) is 0. The maximum absolute atomic E-state index is 0. The normalized spacial score (nSPS) is 0. The topological polar surface area (TPSA) is 0 Å². The Morgan fingerprint density at radius 2 is 1.00 bits per heavy atom. The molecule has 0 unspecified atom stereocenters. The van der Waals surface area contributed by atoms with Gasteiger partial charge in [-0.05, 0) is 0 Å². The van der Waals surface area contributed by atoms with Crippen LogP contribution in [0.3, 0.4) is 0 Å². The van der Waals surface area contributed by atoms with E-state index in [0.29, 0.717) is 0 Å². The van der Waals surface area contributed by atoms with Crippen molar-refractivity contribution < 1.29 is 0 Å². The molecule has 0 aliphatic rings. The van der Waals surface area contributed by atoms with Crippen LogP contribution in [-0.4, -0.2) is 79.8 Å². The molecule has 16 radical (unpaired) electrons. The summed E-state index contributed by atoms with van der Waals surface area (Å²) in [5, 5.41) is 0. The second-order valence-electron chi connectivity index (χ2n) is 0. The van der Waals surface area contributed by atoms with Gasteiger partial charge in [-0.25, -0.2) is 0 Å². The monoisotopic (exact) mass is 430 g/mol. The van der Waals surface area contributed by atoms with E-state index in [4.69, 9.17) is 0 Å². The maximum Gasteiger partial charge on any atom is 0 e. The molecular formula is GePbSiSn. The molecule has 0 saturated heterocycles. The maximum atomic E-state index is 0. The summed E-state index contributed by atoms with van der Waals surface area (Å²) in [5.41, 5.74) is 0. The third kappa shape index (κ3) is 8.82. The predicted octanol–water partition coefficient (Wildman–Crippen LogP) is -1.52. The van der Waals surface area contributed by atoms with Crippen molar-refractivity contribution >= 4 is 79.8 Å². The molecule has 0 bridgehead atoms. The summed E-state index contributed by atoms with van der Waals surface area (Å²) in [7, 11) is 0. The van der Waals surface area contributed by atoms with E-state index < -0.39 is 0 Å². The summed E-state index contributed by atoms with van der Waals surface area (Å²) in [6.07, 6.45) is 0. The van der Waals surface area contributed by atoms with Gasteiger partial charge in [0, 0.05) is 79.8 Å². The fraction of sp³-hybridized carbons (Fsp3) is 0. The molecule has 0 rings (SSSR count). The minimum absolute atomic E-state index is 0. The molecule has 16 valence electrons. The van der Waals surface area contributed by atoms with Gasteiger partial charge in [0.05, 0.1) is 0 Å². The molecule has 0 amide bonds. The fourth-order valence-corrected chi connectivity index (χ4v) is 0. The summed E-state index contributed by atoms with van der Waals surface area (Å²) in [6, 6.07) is 0. The quantitative estimate of drug-likeness (QED) is 0.413. The number of hydrogen-bond donors (Lipinski definition) is 0. The van der Waals surface area contributed by atoms with Crippen LogP contribution in [0.1, 0.15) is 0 Å². The minimum atomic E-state index is 0. The van der Waals surface area contributed by atoms with Gasteiger partial charge in [0.15, 0.2) is 0 Å². The second-order valence-corrected chi connectivity index (χ2v) is 0. The minimum Gasteiger partial charge on any atom is 0 e. The van der Waals surface area contributed by atoms with E-state index in [9.17, 15) is 0 Å². The molecule has 0 aromatic rings. The first kappa shape index (κ1) is 31.6. The first-order valence-electron chi connectivity index (χ1n) is 0. The van der Waals surface area contributed by atoms with Crippen LogP contribution < -0.4 is 0 Å². The van der Waals surface area contributed by atoms with E-state index in [-0.39, 0.29) is 79.8 Å². The molecule has 0 aliphatic carbocycles. The molecule has 4 heavy (non-hydrogen) atoms. The van der Waals surface area contributed by atoms with E-state index in [1.54, 1.807) is 0 Å². The molecular weight excluding hydrogens is 427 g/mol. The van der Waals surface area contributed by atoms with Crippen LogP contribution in [0.25, 0.3) is 0 Å². The van der Waals surface area contributed by atoms with Crippen molar-refractivity contribution in [3.05, 3.63) is 0 Å². The Morgan fingerprint density at radius 1 is 1.00 bits per heavy atom. The van der Waals surface area contributed by atoms with E-state index in [0.717, 1.165) is 0 Å². The Morgan fingerprint density at radius 3 is 1.00 bits per heavy atom. The predicted molar refractivity (Wildman–Crippen MR) is 23.0 cm³/mol. The smallest absolute Gasteiger partial charge is 0 e. The zero-order valence-corrected chi connectivity index (χ0v) is 11.8. The van der Waals surface area contributed by atoms with E-state index in [1.165, 1.54) is 0 Å². The summed E-state index contributed by atoms with van der Waals surface area (Å²) in [4.78, 5) is 0. The van der Waals surface area contributed by atoms with Gasteiger partial charge < -0.3 is 0 Å². The Kier molecular flexibility index (Phi) is 141. The molecule has 0 heterocycles. The Balaban J connectivity index is 0. The van der Waals surface area contributed by atoms with Crippen LogP contribution in [0.15, 0.2) is 0 Å². The van der Waals surface area contributed by atoms with Gasteiger partial charge in [0.1, 0.15) is 0 Å². The number of hydrogen-bond acceptors (Lipinski definition) is 0. The molecule has 0 aromatic carbocycles. The van der Waals surface area contributed by atoms with E-state index in [2.05, 4.69) is 0 Å². The van der Waals surface area contributed by atoms with Gasteiger partial charge in [0.2, 0.25) is 0 Å². The van der Waals surface area contributed by atoms with E-state index in [1.807, 2.05) is 0 Å². The molecule has 0 saturated carbocycles. The summed E-state index contributed by atoms with van der Waals surface area (Å²) in [6.45, 7) is 0. The van der Waals surface area contributed by atoms with Gasteiger partial charge in [-0.15, -0.1) is 0 Å². The summed E-state index contributed by atoms with van der Waals surface area (Å²) >= 11 is 0. The molecule has 0 aliphatic heterocycles. The third-order valence-electron chi connectivity index (χ3n) is 0. The number of rotatable bonds is 0. The van der Waals surface area contributed by atoms with Crippen molar-refractivity contribution in [3.8, 4) is 0 Å². The van der Waals surface area contributed by atoms with Crippen LogP contribution in [0.2, 0.25) is 0 Å². The van der Waals surface area contributed by atoms with Gasteiger partial charge in [-0.2, -0.15) is 0 Å². The van der Waals surface area contributed by atoms with Crippen LogP contribution >= 0.6 is 0 Å². The molecule has 0 nitrogen and oxygen atoms in total. The summed E-state index contributed by atoms with van der Waals surface area (Å²) in [5.74, 6) is 0. The van der Waals surface area contributed by atoms with Gasteiger partial charge in [-0.3, -0.25) is 0 Å². The average molecular weight is 427 g/mol. The van der Waals surface area contributed by atoms with Crippen molar-refractivity contribution in [1.82, 2.24) is 0 Å². The molecule has 0 spiro atoms. The van der Waals surface area contributed by atoms with Crippen LogP contribution in [0.4, 0.5) is 0 Å². The first-order chi connectivity index (χ1) is 0. The van der Waals surface area contributed by atoms with Crippen LogP contribution in [0.5, 0.6) is 0 Å². The first-order valence-corrected chi connectivity index (χ1v) is 0. The largest absolute Gasteiger partial charge is 0 e. The molecule has 0 atom stereocenters. The SMILES string of the molecule is [Ge].[Pb].[Si].[Sn]. The average Bonchev–Trinajstić information content (AvgIpc) is 0. The zero-order valence-electron chi connectivity index (χ0n) is 2.00. The van der Waals surface area contributed by atoms with Gasteiger partial charge in [-0.1, -0.05) is 0 Å². The Bertz CT molecular complexity index is 8.00. The molecule has 0 aromatic heterocycles. The third-order valence-corrected chi connectivity index (χ3v) is 0. The molecule has 0 N–H and O–H groups in total. The van der Waals surface area contributed by atoms with Crippen molar-refractivity contribution in [3.63, 3.8) is 0 Å². The molecule has 4 heteroatoms. The van der Waals surface area contributed by atoms with Gasteiger partial charge >= 0.3 is 0 Å². The van der Waals surface area contributed by atoms with Crippen molar-refractivity contribution in [2.45, 2.75) is 0 Å².